The minimum Gasteiger partial charge on any atom is -0.454 e. The van der Waals surface area contributed by atoms with Crippen molar-refractivity contribution in [1.82, 2.24) is 19.7 Å². The molecule has 0 saturated carbocycles. The van der Waals surface area contributed by atoms with Gasteiger partial charge in [0.15, 0.2) is 22.5 Å². The minimum absolute atomic E-state index is 0.156. The molecule has 0 bridgehead atoms. The highest BCUT2D eigenvalue weighted by atomic mass is 32.2. The first-order chi connectivity index (χ1) is 14.2. The number of nitrogens with zero attached hydrogens (tertiary/aromatic N) is 4. The van der Waals surface area contributed by atoms with Crippen LogP contribution < -0.4 is 9.47 Å². The number of pyridine rings is 1. The Kier molecular flexibility index (Phi) is 5.90. The highest BCUT2D eigenvalue weighted by Gasteiger charge is 2.16. The molecule has 0 fully saturated rings. The van der Waals surface area contributed by atoms with E-state index >= 15 is 0 Å². The lowest BCUT2D eigenvalue weighted by Gasteiger charge is -2.07. The third kappa shape index (κ3) is 4.48. The number of carbonyl (C=O) groups excluding carboxylic acids is 1. The molecule has 148 valence electrons. The molecule has 0 saturated heterocycles. The standard InChI is InChI=1S/C21H20N4O3S/c1-2-10-25-20(16-4-3-9-22-12-16)23-24-21(25)29-13-17(26)7-5-15-6-8-18-19(11-15)28-14-27-18/h2-4,6,8-9,11-12H,1,5,7,10,13-14H2. The van der Waals surface area contributed by atoms with Gasteiger partial charge in [-0.25, -0.2) is 0 Å². The molecule has 0 unspecified atom stereocenters. The Morgan fingerprint density at radius 2 is 2.14 bits per heavy atom. The van der Waals surface area contributed by atoms with Gasteiger partial charge in [0.25, 0.3) is 0 Å². The van der Waals surface area contributed by atoms with Gasteiger partial charge in [0.1, 0.15) is 5.78 Å². The number of fused-ring (bicyclic) bond motifs is 1. The average molecular weight is 408 g/mol. The fourth-order valence-corrected chi connectivity index (χ4v) is 3.84. The summed E-state index contributed by atoms with van der Waals surface area (Å²) in [6.45, 7) is 4.62. The number of aromatic nitrogens is 4. The largest absolute Gasteiger partial charge is 0.454 e. The Hall–Kier alpha value is -3.13. The van der Waals surface area contributed by atoms with Crippen LogP contribution in [0.2, 0.25) is 0 Å². The molecule has 0 amide bonds. The molecule has 7 nitrogen and oxygen atoms in total. The second-order valence-electron chi connectivity index (χ2n) is 6.46. The molecule has 29 heavy (non-hydrogen) atoms. The molecule has 1 aliphatic rings. The van der Waals surface area contributed by atoms with E-state index in [0.29, 0.717) is 36.1 Å². The van der Waals surface area contributed by atoms with Crippen molar-refractivity contribution in [3.05, 3.63) is 60.9 Å². The summed E-state index contributed by atoms with van der Waals surface area (Å²) in [6, 6.07) is 9.57. The summed E-state index contributed by atoms with van der Waals surface area (Å²) in [4.78, 5) is 16.5. The monoisotopic (exact) mass is 408 g/mol. The maximum atomic E-state index is 12.4. The van der Waals surface area contributed by atoms with E-state index < -0.39 is 0 Å². The van der Waals surface area contributed by atoms with Crippen molar-refractivity contribution < 1.29 is 14.3 Å². The predicted octanol–water partition coefficient (Wildman–Crippen LogP) is 3.55. The SMILES string of the molecule is C=CCn1c(SCC(=O)CCc2ccc3c(c2)OCO3)nnc1-c1cccnc1. The summed E-state index contributed by atoms with van der Waals surface area (Å²) in [6.07, 6.45) is 6.36. The highest BCUT2D eigenvalue weighted by Crippen LogP contribution is 2.33. The molecule has 0 N–H and O–H groups in total. The number of thioether (sulfide) groups is 1. The summed E-state index contributed by atoms with van der Waals surface area (Å²) in [5, 5.41) is 9.23. The van der Waals surface area contributed by atoms with E-state index in [0.717, 1.165) is 22.6 Å². The Morgan fingerprint density at radius 1 is 1.24 bits per heavy atom. The summed E-state index contributed by atoms with van der Waals surface area (Å²) in [5.41, 5.74) is 1.93. The number of rotatable bonds is 9. The van der Waals surface area contributed by atoms with Gasteiger partial charge in [0, 0.05) is 30.9 Å². The van der Waals surface area contributed by atoms with Crippen molar-refractivity contribution in [2.45, 2.75) is 24.5 Å². The molecule has 0 aliphatic carbocycles. The minimum atomic E-state index is 0.156. The van der Waals surface area contributed by atoms with E-state index in [-0.39, 0.29) is 12.6 Å². The van der Waals surface area contributed by atoms with Crippen LogP contribution in [0, 0.1) is 0 Å². The van der Waals surface area contributed by atoms with E-state index in [9.17, 15) is 4.79 Å². The van der Waals surface area contributed by atoms with E-state index in [1.54, 1.807) is 18.5 Å². The second kappa shape index (κ2) is 8.91. The summed E-state index contributed by atoms with van der Waals surface area (Å²) < 4.78 is 12.6. The van der Waals surface area contributed by atoms with Gasteiger partial charge < -0.3 is 9.47 Å². The van der Waals surface area contributed by atoms with Gasteiger partial charge in [-0.15, -0.1) is 16.8 Å². The number of ketones is 1. The predicted molar refractivity (Wildman–Crippen MR) is 110 cm³/mol. The first kappa shape index (κ1) is 19.2. The number of Topliss-reactive ketones (excluding diaryl/α,β-unsaturated/α-hetero) is 1. The summed E-state index contributed by atoms with van der Waals surface area (Å²) in [5.74, 6) is 2.70. The Bertz CT molecular complexity index is 1020. The zero-order valence-electron chi connectivity index (χ0n) is 15.8. The lowest BCUT2D eigenvalue weighted by Crippen LogP contribution is -2.06. The number of aryl methyl sites for hydroxylation is 1. The third-order valence-electron chi connectivity index (χ3n) is 4.44. The maximum absolute atomic E-state index is 12.4. The lowest BCUT2D eigenvalue weighted by molar-refractivity contribution is -0.116. The van der Waals surface area contributed by atoms with Crippen LogP contribution in [0.15, 0.2) is 60.5 Å². The highest BCUT2D eigenvalue weighted by molar-refractivity contribution is 7.99. The first-order valence-corrected chi connectivity index (χ1v) is 10.2. The van der Waals surface area contributed by atoms with Crippen molar-refractivity contribution in [2.24, 2.45) is 0 Å². The van der Waals surface area contributed by atoms with Crippen LogP contribution in [0.3, 0.4) is 0 Å². The Balaban J connectivity index is 1.36. The number of hydrogen-bond donors (Lipinski definition) is 0. The van der Waals surface area contributed by atoms with Crippen molar-refractivity contribution in [3.8, 4) is 22.9 Å². The molecular weight excluding hydrogens is 388 g/mol. The van der Waals surface area contributed by atoms with Crippen LogP contribution in [-0.2, 0) is 17.8 Å². The van der Waals surface area contributed by atoms with Crippen molar-refractivity contribution in [2.75, 3.05) is 12.5 Å². The van der Waals surface area contributed by atoms with E-state index in [2.05, 4.69) is 21.8 Å². The normalized spacial score (nSPS) is 12.1. The molecule has 8 heteroatoms. The van der Waals surface area contributed by atoms with Crippen molar-refractivity contribution >= 4 is 17.5 Å². The Labute approximate surface area is 172 Å². The van der Waals surface area contributed by atoms with Crippen LogP contribution in [0.25, 0.3) is 11.4 Å². The van der Waals surface area contributed by atoms with Gasteiger partial charge in [0.05, 0.1) is 5.75 Å². The third-order valence-corrected chi connectivity index (χ3v) is 5.47. The second-order valence-corrected chi connectivity index (χ2v) is 7.40. The quantitative estimate of drug-likeness (QED) is 0.396. The molecule has 1 aliphatic heterocycles. The number of benzene rings is 1. The van der Waals surface area contributed by atoms with Crippen LogP contribution in [0.5, 0.6) is 11.5 Å². The van der Waals surface area contributed by atoms with Crippen LogP contribution in [-0.4, -0.2) is 38.1 Å². The van der Waals surface area contributed by atoms with Gasteiger partial charge in [-0.1, -0.05) is 23.9 Å². The molecular formula is C21H20N4O3S. The van der Waals surface area contributed by atoms with Gasteiger partial charge >= 0.3 is 0 Å². The summed E-state index contributed by atoms with van der Waals surface area (Å²) in [7, 11) is 0. The van der Waals surface area contributed by atoms with E-state index in [4.69, 9.17) is 9.47 Å². The summed E-state index contributed by atoms with van der Waals surface area (Å²) >= 11 is 1.39. The van der Waals surface area contributed by atoms with Crippen LogP contribution in [0.1, 0.15) is 12.0 Å². The van der Waals surface area contributed by atoms with E-state index in [1.165, 1.54) is 11.8 Å². The van der Waals surface area contributed by atoms with Gasteiger partial charge in [0.2, 0.25) is 6.79 Å². The lowest BCUT2D eigenvalue weighted by atomic mass is 10.1. The topological polar surface area (TPSA) is 79.1 Å². The van der Waals surface area contributed by atoms with E-state index in [1.807, 2.05) is 34.9 Å². The number of allylic oxidation sites excluding steroid dienone is 1. The number of ether oxygens (including phenoxy) is 2. The van der Waals surface area contributed by atoms with Gasteiger partial charge in [-0.2, -0.15) is 0 Å². The van der Waals surface area contributed by atoms with Crippen LogP contribution in [0.4, 0.5) is 0 Å². The van der Waals surface area contributed by atoms with Gasteiger partial charge in [-0.3, -0.25) is 14.3 Å². The molecule has 3 aromatic rings. The number of hydrogen-bond acceptors (Lipinski definition) is 7. The Morgan fingerprint density at radius 3 is 2.97 bits per heavy atom. The van der Waals surface area contributed by atoms with Crippen molar-refractivity contribution in [1.29, 1.82) is 0 Å². The average Bonchev–Trinajstić information content (AvgIpc) is 3.38. The molecule has 0 radical (unpaired) electrons. The molecule has 2 aromatic heterocycles. The van der Waals surface area contributed by atoms with Crippen LogP contribution >= 0.6 is 11.8 Å². The first-order valence-electron chi connectivity index (χ1n) is 9.22. The zero-order valence-corrected chi connectivity index (χ0v) is 16.6. The van der Waals surface area contributed by atoms with Crippen molar-refractivity contribution in [3.63, 3.8) is 0 Å². The molecule has 1 aromatic carbocycles. The smallest absolute Gasteiger partial charge is 0.231 e. The zero-order chi connectivity index (χ0) is 20.1. The molecule has 0 atom stereocenters. The number of carbonyl (C=O) groups is 1. The molecule has 4 rings (SSSR count). The van der Waals surface area contributed by atoms with Gasteiger partial charge in [-0.05, 0) is 36.2 Å². The maximum Gasteiger partial charge on any atom is 0.231 e. The molecule has 3 heterocycles. The fourth-order valence-electron chi connectivity index (χ4n) is 3.00. The fraction of sp³-hybridized carbons (Fsp3) is 0.238. The molecule has 0 spiro atoms.